The van der Waals surface area contributed by atoms with Gasteiger partial charge in [0.1, 0.15) is 18.2 Å². The number of nitrogens with one attached hydrogen (secondary N) is 1. The highest BCUT2D eigenvalue weighted by Gasteiger charge is 2.14. The van der Waals surface area contributed by atoms with Gasteiger partial charge in [0, 0.05) is 6.54 Å². The number of carbonyl (C=O) groups is 1. The summed E-state index contributed by atoms with van der Waals surface area (Å²) >= 11 is 0. The van der Waals surface area contributed by atoms with Crippen LogP contribution in [0.5, 0.6) is 0 Å². The highest BCUT2D eigenvalue weighted by Crippen LogP contribution is 2.12. The lowest BCUT2D eigenvalue weighted by Crippen LogP contribution is -2.36. The molecule has 0 fully saturated rings. The van der Waals surface area contributed by atoms with Crippen molar-refractivity contribution >= 4 is 5.91 Å². The number of hydrogen-bond donors (Lipinski definition) is 1. The topological polar surface area (TPSA) is 87.8 Å². The van der Waals surface area contributed by atoms with Crippen molar-refractivity contribution in [2.75, 3.05) is 6.54 Å². The van der Waals surface area contributed by atoms with E-state index < -0.39 is 5.56 Å². The molecule has 6 heteroatoms. The van der Waals surface area contributed by atoms with Gasteiger partial charge in [-0.05, 0) is 30.9 Å². The van der Waals surface area contributed by atoms with E-state index in [0.717, 1.165) is 10.2 Å². The second-order valence-electron chi connectivity index (χ2n) is 5.78. The van der Waals surface area contributed by atoms with Crippen molar-refractivity contribution in [2.45, 2.75) is 33.2 Å². The monoisotopic (exact) mass is 324 g/mol. The normalized spacial score (nSPS) is 11.6. The summed E-state index contributed by atoms with van der Waals surface area (Å²) < 4.78 is 1.05. The molecular formula is C18H20N4O2. The third kappa shape index (κ3) is 3.87. The van der Waals surface area contributed by atoms with E-state index in [1.165, 1.54) is 0 Å². The van der Waals surface area contributed by atoms with Crippen LogP contribution >= 0.6 is 0 Å². The first-order valence-electron chi connectivity index (χ1n) is 7.74. The second-order valence-corrected chi connectivity index (χ2v) is 5.78. The smallest absolute Gasteiger partial charge is 0.285 e. The lowest BCUT2D eigenvalue weighted by Gasteiger charge is -2.14. The van der Waals surface area contributed by atoms with Gasteiger partial charge in [0.2, 0.25) is 5.91 Å². The standard InChI is InChI=1S/C18H20N4O2/c1-12(15-7-5-4-6-8-15)10-20-17(23)11-22-18(24)16(9-19)13(2)14(3)21-22/h4-8,12H,10-11H2,1-3H3,(H,20,23)/t12-/m0/s1. The fourth-order valence-electron chi connectivity index (χ4n) is 2.37. The molecule has 0 saturated carbocycles. The SMILES string of the molecule is Cc1nn(CC(=O)NC[C@H](C)c2ccccc2)c(=O)c(C#N)c1C. The first-order chi connectivity index (χ1) is 11.4. The Morgan fingerprint density at radius 1 is 1.33 bits per heavy atom. The zero-order valence-corrected chi connectivity index (χ0v) is 14.0. The number of aryl methyl sites for hydroxylation is 1. The van der Waals surface area contributed by atoms with Crippen molar-refractivity contribution in [2.24, 2.45) is 0 Å². The Balaban J connectivity index is 2.05. The first kappa shape index (κ1) is 17.4. The highest BCUT2D eigenvalue weighted by atomic mass is 16.2. The Morgan fingerprint density at radius 3 is 2.62 bits per heavy atom. The lowest BCUT2D eigenvalue weighted by molar-refractivity contribution is -0.122. The number of nitrogens with zero attached hydrogens (tertiary/aromatic N) is 3. The number of nitriles is 1. The summed E-state index contributed by atoms with van der Waals surface area (Å²) in [4.78, 5) is 24.3. The first-order valence-corrected chi connectivity index (χ1v) is 7.74. The van der Waals surface area contributed by atoms with E-state index in [-0.39, 0.29) is 23.9 Å². The van der Waals surface area contributed by atoms with Crippen LogP contribution in [0.3, 0.4) is 0 Å². The van der Waals surface area contributed by atoms with Crippen LogP contribution in [-0.4, -0.2) is 22.2 Å². The molecule has 2 aromatic rings. The van der Waals surface area contributed by atoms with Crippen molar-refractivity contribution in [1.82, 2.24) is 15.1 Å². The maximum Gasteiger partial charge on any atom is 0.285 e. The molecule has 0 radical (unpaired) electrons. The van der Waals surface area contributed by atoms with Gasteiger partial charge in [-0.1, -0.05) is 37.3 Å². The Morgan fingerprint density at radius 2 is 2.00 bits per heavy atom. The molecule has 1 aromatic carbocycles. The molecular weight excluding hydrogens is 304 g/mol. The van der Waals surface area contributed by atoms with Crippen LogP contribution in [0.15, 0.2) is 35.1 Å². The molecule has 0 bridgehead atoms. The van der Waals surface area contributed by atoms with Crippen molar-refractivity contribution in [3.8, 4) is 6.07 Å². The van der Waals surface area contributed by atoms with E-state index in [2.05, 4.69) is 10.4 Å². The van der Waals surface area contributed by atoms with E-state index in [4.69, 9.17) is 5.26 Å². The Hall–Kier alpha value is -2.94. The largest absolute Gasteiger partial charge is 0.354 e. The molecule has 0 spiro atoms. The van der Waals surface area contributed by atoms with Crippen LogP contribution in [0.2, 0.25) is 0 Å². The number of aromatic nitrogens is 2. The minimum atomic E-state index is -0.535. The van der Waals surface area contributed by atoms with Gasteiger partial charge in [0.25, 0.3) is 5.56 Å². The van der Waals surface area contributed by atoms with Crippen molar-refractivity contribution in [3.63, 3.8) is 0 Å². The minimum Gasteiger partial charge on any atom is -0.354 e. The molecule has 0 unspecified atom stereocenters. The van der Waals surface area contributed by atoms with E-state index in [1.54, 1.807) is 13.8 Å². The molecule has 1 atom stereocenters. The van der Waals surface area contributed by atoms with Crippen LogP contribution in [-0.2, 0) is 11.3 Å². The highest BCUT2D eigenvalue weighted by molar-refractivity contribution is 5.75. The van der Waals surface area contributed by atoms with Crippen LogP contribution in [0.1, 0.15) is 35.2 Å². The fraction of sp³-hybridized carbons (Fsp3) is 0.333. The molecule has 2 rings (SSSR count). The molecule has 6 nitrogen and oxygen atoms in total. The third-order valence-electron chi connectivity index (χ3n) is 4.02. The van der Waals surface area contributed by atoms with Gasteiger partial charge < -0.3 is 5.32 Å². The average molecular weight is 324 g/mol. The van der Waals surface area contributed by atoms with E-state index in [0.29, 0.717) is 17.8 Å². The molecule has 0 aliphatic rings. The summed E-state index contributed by atoms with van der Waals surface area (Å²) in [6, 6.07) is 11.7. The Kier molecular flexibility index (Phi) is 5.48. The average Bonchev–Trinajstić information content (AvgIpc) is 2.59. The summed E-state index contributed by atoms with van der Waals surface area (Å²) in [6.07, 6.45) is 0. The quantitative estimate of drug-likeness (QED) is 0.906. The van der Waals surface area contributed by atoms with E-state index in [9.17, 15) is 9.59 Å². The molecule has 0 aliphatic heterocycles. The summed E-state index contributed by atoms with van der Waals surface area (Å²) in [5, 5.41) is 16.0. The van der Waals surface area contributed by atoms with Gasteiger partial charge in [-0.2, -0.15) is 10.4 Å². The second kappa shape index (κ2) is 7.55. The molecule has 124 valence electrons. The number of amides is 1. The Bertz CT molecular complexity index is 835. The van der Waals surface area contributed by atoms with Gasteiger partial charge in [0.05, 0.1) is 5.69 Å². The van der Waals surface area contributed by atoms with Gasteiger partial charge in [-0.25, -0.2) is 4.68 Å². The van der Waals surface area contributed by atoms with Crippen molar-refractivity contribution in [3.05, 3.63) is 63.1 Å². The molecule has 0 aliphatic carbocycles. The maximum atomic E-state index is 12.2. The van der Waals surface area contributed by atoms with E-state index in [1.807, 2.05) is 43.3 Å². The van der Waals surface area contributed by atoms with Crippen LogP contribution in [0, 0.1) is 25.2 Å². The zero-order chi connectivity index (χ0) is 17.7. The summed E-state index contributed by atoms with van der Waals surface area (Å²) in [5.41, 5.74) is 1.75. The molecule has 1 heterocycles. The molecule has 0 saturated heterocycles. The predicted octanol–water partition coefficient (Wildman–Crippen LogP) is 1.65. The van der Waals surface area contributed by atoms with Gasteiger partial charge in [0.15, 0.2) is 0 Å². The molecule has 1 aromatic heterocycles. The van der Waals surface area contributed by atoms with Gasteiger partial charge in [-0.15, -0.1) is 0 Å². The maximum absolute atomic E-state index is 12.2. The fourth-order valence-corrected chi connectivity index (χ4v) is 2.37. The van der Waals surface area contributed by atoms with Crippen LogP contribution < -0.4 is 10.9 Å². The third-order valence-corrected chi connectivity index (χ3v) is 4.02. The minimum absolute atomic E-state index is 0.0351. The van der Waals surface area contributed by atoms with E-state index >= 15 is 0 Å². The van der Waals surface area contributed by atoms with Crippen LogP contribution in [0.4, 0.5) is 0 Å². The number of rotatable bonds is 5. The summed E-state index contributed by atoms with van der Waals surface area (Å²) in [7, 11) is 0. The van der Waals surface area contributed by atoms with Crippen molar-refractivity contribution < 1.29 is 4.79 Å². The van der Waals surface area contributed by atoms with Crippen LogP contribution in [0.25, 0.3) is 0 Å². The molecule has 1 amide bonds. The zero-order valence-electron chi connectivity index (χ0n) is 14.0. The predicted molar refractivity (Wildman–Crippen MR) is 90.6 cm³/mol. The van der Waals surface area contributed by atoms with Crippen molar-refractivity contribution in [1.29, 1.82) is 5.26 Å². The van der Waals surface area contributed by atoms with Gasteiger partial charge in [-0.3, -0.25) is 9.59 Å². The van der Waals surface area contributed by atoms with Gasteiger partial charge >= 0.3 is 0 Å². The summed E-state index contributed by atoms with van der Waals surface area (Å²) in [5.74, 6) is -0.145. The lowest BCUT2D eigenvalue weighted by atomic mass is 10.0. The Labute approximate surface area is 140 Å². The summed E-state index contributed by atoms with van der Waals surface area (Å²) in [6.45, 7) is 5.67. The molecule has 1 N–H and O–H groups in total. The number of benzene rings is 1. The molecule has 24 heavy (non-hydrogen) atoms. The number of hydrogen-bond acceptors (Lipinski definition) is 4. The number of carbonyl (C=O) groups excluding carboxylic acids is 1.